The maximum Gasteiger partial charge on any atom is 0.254 e. The van der Waals surface area contributed by atoms with Gasteiger partial charge >= 0.3 is 0 Å². The lowest BCUT2D eigenvalue weighted by Gasteiger charge is -2.05. The van der Waals surface area contributed by atoms with Crippen LogP contribution < -0.4 is 5.32 Å². The fourth-order valence-electron chi connectivity index (χ4n) is 1.25. The van der Waals surface area contributed by atoms with Crippen LogP contribution in [0.5, 0.6) is 0 Å². The zero-order valence-corrected chi connectivity index (χ0v) is 9.05. The minimum absolute atomic E-state index is 0.0804. The lowest BCUT2D eigenvalue weighted by Crippen LogP contribution is -2.25. The third-order valence-electron chi connectivity index (χ3n) is 2.14. The van der Waals surface area contributed by atoms with Gasteiger partial charge in [-0.05, 0) is 6.07 Å². The largest absolute Gasteiger partial charge is 0.344 e. The molecule has 0 atom stereocenters. The number of tetrazole rings is 1. The summed E-state index contributed by atoms with van der Waals surface area (Å²) in [5.74, 6) is -8.53. The van der Waals surface area contributed by atoms with Gasteiger partial charge in [0.05, 0.1) is 12.1 Å². The molecule has 1 aromatic heterocycles. The number of aromatic amines is 1. The van der Waals surface area contributed by atoms with Crippen molar-refractivity contribution in [3.05, 3.63) is 40.7 Å². The standard InChI is InChI=1S/C9H5F4N5O/c10-4-1-3(6(11)8(13)7(4)12)9(19)14-2-5-15-17-18-16-5/h1H,2H2,(H,14,19)(H,15,16,17,18). The van der Waals surface area contributed by atoms with E-state index in [2.05, 4.69) is 25.9 Å². The molecule has 0 saturated heterocycles. The van der Waals surface area contributed by atoms with E-state index in [1.165, 1.54) is 0 Å². The minimum Gasteiger partial charge on any atom is -0.344 e. The topological polar surface area (TPSA) is 83.6 Å². The van der Waals surface area contributed by atoms with Crippen molar-refractivity contribution < 1.29 is 22.4 Å². The van der Waals surface area contributed by atoms with Gasteiger partial charge in [-0.3, -0.25) is 4.79 Å². The predicted octanol–water partition coefficient (Wildman–Crippen LogP) is 0.686. The van der Waals surface area contributed by atoms with Crippen molar-refractivity contribution in [2.45, 2.75) is 6.54 Å². The molecule has 0 saturated carbocycles. The third kappa shape index (κ3) is 2.51. The van der Waals surface area contributed by atoms with E-state index in [-0.39, 0.29) is 18.4 Å². The van der Waals surface area contributed by atoms with E-state index in [0.29, 0.717) is 0 Å². The fraction of sp³-hybridized carbons (Fsp3) is 0.111. The van der Waals surface area contributed by atoms with Gasteiger partial charge in [0, 0.05) is 0 Å². The summed E-state index contributed by atoms with van der Waals surface area (Å²) in [4.78, 5) is 11.5. The Balaban J connectivity index is 2.20. The number of benzene rings is 1. The molecule has 2 aromatic rings. The van der Waals surface area contributed by atoms with E-state index < -0.39 is 34.7 Å². The second-order valence-electron chi connectivity index (χ2n) is 3.36. The Morgan fingerprint density at radius 1 is 1.21 bits per heavy atom. The normalized spacial score (nSPS) is 10.5. The molecule has 6 nitrogen and oxygen atoms in total. The Bertz CT molecular complexity index is 616. The predicted molar refractivity (Wildman–Crippen MR) is 51.6 cm³/mol. The Labute approximate surface area is 102 Å². The number of nitrogens with one attached hydrogen (secondary N) is 2. The molecule has 0 aliphatic carbocycles. The first-order valence-electron chi connectivity index (χ1n) is 4.84. The van der Waals surface area contributed by atoms with Crippen LogP contribution in [0.1, 0.15) is 16.2 Å². The van der Waals surface area contributed by atoms with E-state index in [9.17, 15) is 22.4 Å². The van der Waals surface area contributed by atoms with Crippen molar-refractivity contribution in [3.8, 4) is 0 Å². The maximum absolute atomic E-state index is 13.3. The van der Waals surface area contributed by atoms with Gasteiger partial charge in [0.25, 0.3) is 5.91 Å². The molecule has 0 spiro atoms. The average molecular weight is 275 g/mol. The molecule has 0 aliphatic heterocycles. The number of aromatic nitrogens is 4. The molecule has 0 fully saturated rings. The first-order valence-corrected chi connectivity index (χ1v) is 4.84. The van der Waals surface area contributed by atoms with Crippen LogP contribution in [0.2, 0.25) is 0 Å². The number of carbonyl (C=O) groups excluding carboxylic acids is 1. The van der Waals surface area contributed by atoms with Crippen LogP contribution in [0.3, 0.4) is 0 Å². The van der Waals surface area contributed by atoms with Crippen molar-refractivity contribution in [1.29, 1.82) is 0 Å². The van der Waals surface area contributed by atoms with E-state index >= 15 is 0 Å². The number of carbonyl (C=O) groups is 1. The van der Waals surface area contributed by atoms with Crippen LogP contribution >= 0.6 is 0 Å². The van der Waals surface area contributed by atoms with E-state index in [0.717, 1.165) is 0 Å². The van der Waals surface area contributed by atoms with Gasteiger partial charge < -0.3 is 5.32 Å². The molecule has 1 aromatic carbocycles. The summed E-state index contributed by atoms with van der Waals surface area (Å²) in [5.41, 5.74) is -0.958. The Kier molecular flexibility index (Phi) is 3.40. The van der Waals surface area contributed by atoms with Gasteiger partial charge in [-0.1, -0.05) is 5.21 Å². The number of amides is 1. The average Bonchev–Trinajstić information content (AvgIpc) is 2.91. The van der Waals surface area contributed by atoms with Gasteiger partial charge in [-0.15, -0.1) is 10.2 Å². The molecule has 0 unspecified atom stereocenters. The van der Waals surface area contributed by atoms with Gasteiger partial charge in [0.1, 0.15) is 0 Å². The van der Waals surface area contributed by atoms with E-state index in [1.54, 1.807) is 0 Å². The second-order valence-corrected chi connectivity index (χ2v) is 3.36. The summed E-state index contributed by atoms with van der Waals surface area (Å²) in [6, 6.07) is 0.263. The lowest BCUT2D eigenvalue weighted by atomic mass is 10.1. The molecule has 2 rings (SSSR count). The van der Waals surface area contributed by atoms with Crippen molar-refractivity contribution in [2.24, 2.45) is 0 Å². The zero-order chi connectivity index (χ0) is 14.0. The maximum atomic E-state index is 13.3. The third-order valence-corrected chi connectivity index (χ3v) is 2.14. The number of hydrogen-bond donors (Lipinski definition) is 2. The highest BCUT2D eigenvalue weighted by molar-refractivity contribution is 5.94. The molecule has 1 heterocycles. The molecule has 1 amide bonds. The van der Waals surface area contributed by atoms with E-state index in [1.807, 2.05) is 0 Å². The highest BCUT2D eigenvalue weighted by Gasteiger charge is 2.22. The summed E-state index contributed by atoms with van der Waals surface area (Å²) in [6.45, 7) is -0.241. The van der Waals surface area contributed by atoms with E-state index in [4.69, 9.17) is 0 Å². The van der Waals surface area contributed by atoms with Crippen molar-refractivity contribution in [1.82, 2.24) is 25.9 Å². The van der Waals surface area contributed by atoms with Crippen molar-refractivity contribution in [2.75, 3.05) is 0 Å². The zero-order valence-electron chi connectivity index (χ0n) is 9.05. The number of halogens is 4. The molecular weight excluding hydrogens is 270 g/mol. The summed E-state index contributed by atoms with van der Waals surface area (Å²) >= 11 is 0. The second kappa shape index (κ2) is 5.00. The van der Waals surface area contributed by atoms with Crippen LogP contribution in [-0.2, 0) is 6.54 Å². The number of hydrogen-bond acceptors (Lipinski definition) is 4. The summed E-state index contributed by atoms with van der Waals surface area (Å²) in [6.07, 6.45) is 0. The first kappa shape index (κ1) is 12.9. The molecule has 0 bridgehead atoms. The molecule has 19 heavy (non-hydrogen) atoms. The molecular formula is C9H5F4N5O. The number of nitrogens with zero attached hydrogens (tertiary/aromatic N) is 3. The molecule has 2 N–H and O–H groups in total. The fourth-order valence-corrected chi connectivity index (χ4v) is 1.25. The van der Waals surface area contributed by atoms with Gasteiger partial charge in [0.15, 0.2) is 29.1 Å². The lowest BCUT2D eigenvalue weighted by molar-refractivity contribution is 0.0943. The van der Waals surface area contributed by atoms with Crippen LogP contribution in [0.15, 0.2) is 6.07 Å². The smallest absolute Gasteiger partial charge is 0.254 e. The molecule has 10 heteroatoms. The van der Waals surface area contributed by atoms with Gasteiger partial charge in [-0.2, -0.15) is 5.21 Å². The van der Waals surface area contributed by atoms with Crippen LogP contribution in [0, 0.1) is 23.3 Å². The summed E-state index contributed by atoms with van der Waals surface area (Å²) in [7, 11) is 0. The monoisotopic (exact) mass is 275 g/mol. The van der Waals surface area contributed by atoms with Gasteiger partial charge in [-0.25, -0.2) is 17.6 Å². The van der Waals surface area contributed by atoms with Crippen LogP contribution in [0.25, 0.3) is 0 Å². The van der Waals surface area contributed by atoms with Crippen LogP contribution in [0.4, 0.5) is 17.6 Å². The first-order chi connectivity index (χ1) is 9.00. The Morgan fingerprint density at radius 2 is 1.95 bits per heavy atom. The molecule has 0 radical (unpaired) electrons. The Morgan fingerprint density at radius 3 is 2.58 bits per heavy atom. The number of H-pyrrole nitrogens is 1. The highest BCUT2D eigenvalue weighted by atomic mass is 19.2. The molecule has 0 aliphatic rings. The quantitative estimate of drug-likeness (QED) is 0.490. The summed E-state index contributed by atoms with van der Waals surface area (Å²) < 4.78 is 51.8. The van der Waals surface area contributed by atoms with Crippen molar-refractivity contribution in [3.63, 3.8) is 0 Å². The Hall–Kier alpha value is -2.52. The van der Waals surface area contributed by atoms with Gasteiger partial charge in [0.2, 0.25) is 0 Å². The number of rotatable bonds is 3. The van der Waals surface area contributed by atoms with Crippen molar-refractivity contribution >= 4 is 5.91 Å². The minimum atomic E-state index is -2.05. The molecule has 100 valence electrons. The highest BCUT2D eigenvalue weighted by Crippen LogP contribution is 2.18. The summed E-state index contributed by atoms with van der Waals surface area (Å²) in [5, 5.41) is 14.4. The van der Waals surface area contributed by atoms with Crippen LogP contribution in [-0.4, -0.2) is 26.5 Å². The SMILES string of the molecule is O=C(NCc1nn[nH]n1)c1cc(F)c(F)c(F)c1F.